The summed E-state index contributed by atoms with van der Waals surface area (Å²) in [5.74, 6) is -0.270. The lowest BCUT2D eigenvalue weighted by molar-refractivity contribution is 0.0285. The van der Waals surface area contributed by atoms with E-state index in [4.69, 9.17) is 0 Å². The van der Waals surface area contributed by atoms with Crippen molar-refractivity contribution >= 4 is 15.9 Å². The molecule has 0 aliphatic carbocycles. The molecule has 18 heavy (non-hydrogen) atoms. The van der Waals surface area contributed by atoms with Crippen molar-refractivity contribution in [1.29, 1.82) is 0 Å². The van der Waals surface area contributed by atoms with Crippen molar-refractivity contribution < 1.29 is 9.50 Å². The Hall–Kier alpha value is -0.490. The van der Waals surface area contributed by atoms with Crippen molar-refractivity contribution in [3.63, 3.8) is 0 Å². The van der Waals surface area contributed by atoms with E-state index in [-0.39, 0.29) is 12.4 Å². The van der Waals surface area contributed by atoms with E-state index in [2.05, 4.69) is 26.1 Å². The topological polar surface area (TPSA) is 35.5 Å². The second-order valence-electron chi connectivity index (χ2n) is 4.79. The summed E-state index contributed by atoms with van der Waals surface area (Å²) in [6.45, 7) is 5.14. The molecular weight excluding hydrogens is 299 g/mol. The maximum absolute atomic E-state index is 14.0. The van der Waals surface area contributed by atoms with Gasteiger partial charge in [0.2, 0.25) is 0 Å². The average molecular weight is 317 g/mol. The number of hydrogen-bond donors (Lipinski definition) is 2. The quantitative estimate of drug-likeness (QED) is 0.891. The first-order chi connectivity index (χ1) is 8.58. The van der Waals surface area contributed by atoms with E-state index in [1.165, 1.54) is 6.07 Å². The highest BCUT2D eigenvalue weighted by Gasteiger charge is 2.36. The smallest absolute Gasteiger partial charge is 0.128 e. The molecule has 1 aliphatic heterocycles. The Morgan fingerprint density at radius 1 is 1.44 bits per heavy atom. The van der Waals surface area contributed by atoms with E-state index in [9.17, 15) is 9.50 Å². The Labute approximate surface area is 115 Å². The zero-order valence-corrected chi connectivity index (χ0v) is 12.0. The van der Waals surface area contributed by atoms with Gasteiger partial charge in [-0.25, -0.2) is 4.39 Å². The van der Waals surface area contributed by atoms with Crippen molar-refractivity contribution in [2.75, 3.05) is 32.8 Å². The minimum atomic E-state index is -0.671. The highest BCUT2D eigenvalue weighted by Crippen LogP contribution is 2.32. The van der Waals surface area contributed by atoms with Gasteiger partial charge in [0, 0.05) is 36.2 Å². The largest absolute Gasteiger partial charge is 0.394 e. The first kappa shape index (κ1) is 13.9. The molecule has 0 amide bonds. The molecule has 2 rings (SSSR count). The molecule has 100 valence electrons. The van der Waals surface area contributed by atoms with Gasteiger partial charge in [0.25, 0.3) is 0 Å². The van der Waals surface area contributed by atoms with Crippen LogP contribution in [0, 0.1) is 5.82 Å². The van der Waals surface area contributed by atoms with Crippen LogP contribution in [-0.4, -0.2) is 42.8 Å². The van der Waals surface area contributed by atoms with E-state index in [1.54, 1.807) is 12.1 Å². The normalized spacial score (nSPS) is 20.7. The SMILES string of the molecule is CC(CO)(c1cc(Br)ccc1F)N1CCNCC1. The molecule has 1 unspecified atom stereocenters. The summed E-state index contributed by atoms with van der Waals surface area (Å²) < 4.78 is 14.9. The standard InChI is InChI=1S/C13H18BrFN2O/c1-13(9-18,17-6-4-16-5-7-17)11-8-10(14)2-3-12(11)15/h2-3,8,16,18H,4-7,9H2,1H3. The van der Waals surface area contributed by atoms with Crippen LogP contribution >= 0.6 is 15.9 Å². The van der Waals surface area contributed by atoms with Crippen LogP contribution in [-0.2, 0) is 5.54 Å². The minimum absolute atomic E-state index is 0.0969. The van der Waals surface area contributed by atoms with Crippen LogP contribution in [0.25, 0.3) is 0 Å². The lowest BCUT2D eigenvalue weighted by Crippen LogP contribution is -2.55. The van der Waals surface area contributed by atoms with Gasteiger partial charge >= 0.3 is 0 Å². The number of nitrogens with one attached hydrogen (secondary N) is 1. The van der Waals surface area contributed by atoms with Crippen LogP contribution in [0.5, 0.6) is 0 Å². The van der Waals surface area contributed by atoms with Gasteiger partial charge in [0.15, 0.2) is 0 Å². The molecule has 0 aromatic heterocycles. The van der Waals surface area contributed by atoms with Crippen LogP contribution in [0.2, 0.25) is 0 Å². The highest BCUT2D eigenvalue weighted by molar-refractivity contribution is 9.10. The molecule has 1 aromatic rings. The average Bonchev–Trinajstić information content (AvgIpc) is 2.41. The number of halogens is 2. The van der Waals surface area contributed by atoms with Gasteiger partial charge in [-0.3, -0.25) is 4.90 Å². The predicted molar refractivity (Wildman–Crippen MR) is 73.0 cm³/mol. The number of nitrogens with zero attached hydrogens (tertiary/aromatic N) is 1. The monoisotopic (exact) mass is 316 g/mol. The van der Waals surface area contributed by atoms with E-state index in [1.807, 2.05) is 6.92 Å². The Bertz CT molecular complexity index is 423. The van der Waals surface area contributed by atoms with Crippen LogP contribution in [0.15, 0.2) is 22.7 Å². The Balaban J connectivity index is 2.38. The van der Waals surface area contributed by atoms with Gasteiger partial charge in [0.05, 0.1) is 12.1 Å². The van der Waals surface area contributed by atoms with Gasteiger partial charge < -0.3 is 10.4 Å². The molecule has 0 bridgehead atoms. The molecule has 5 heteroatoms. The number of hydrogen-bond acceptors (Lipinski definition) is 3. The molecule has 3 nitrogen and oxygen atoms in total. The third kappa shape index (κ3) is 2.59. The summed E-state index contributed by atoms with van der Waals surface area (Å²) in [6.07, 6.45) is 0. The van der Waals surface area contributed by atoms with Crippen LogP contribution in [0.1, 0.15) is 12.5 Å². The van der Waals surface area contributed by atoms with E-state index in [0.717, 1.165) is 30.7 Å². The van der Waals surface area contributed by atoms with Gasteiger partial charge in [0.1, 0.15) is 5.82 Å². The maximum atomic E-state index is 14.0. The Morgan fingerprint density at radius 3 is 2.72 bits per heavy atom. The van der Waals surface area contributed by atoms with Crippen LogP contribution in [0.4, 0.5) is 4.39 Å². The van der Waals surface area contributed by atoms with Gasteiger partial charge in [-0.15, -0.1) is 0 Å². The molecule has 1 fully saturated rings. The summed E-state index contributed by atoms with van der Waals surface area (Å²) in [5, 5.41) is 13.0. The molecule has 0 radical (unpaired) electrons. The summed E-state index contributed by atoms with van der Waals surface area (Å²) >= 11 is 3.36. The third-order valence-corrected chi connectivity index (χ3v) is 4.12. The zero-order valence-electron chi connectivity index (χ0n) is 10.4. The number of piperazine rings is 1. The molecule has 1 heterocycles. The Kier molecular flexibility index (Phi) is 4.37. The van der Waals surface area contributed by atoms with Crippen molar-refractivity contribution in [2.24, 2.45) is 0 Å². The van der Waals surface area contributed by atoms with Crippen molar-refractivity contribution in [3.05, 3.63) is 34.1 Å². The van der Waals surface area contributed by atoms with Gasteiger partial charge in [-0.2, -0.15) is 0 Å². The fraction of sp³-hybridized carbons (Fsp3) is 0.538. The zero-order chi connectivity index (χ0) is 13.2. The van der Waals surface area contributed by atoms with Crippen molar-refractivity contribution in [2.45, 2.75) is 12.5 Å². The van der Waals surface area contributed by atoms with Crippen molar-refractivity contribution in [1.82, 2.24) is 10.2 Å². The highest BCUT2D eigenvalue weighted by atomic mass is 79.9. The molecule has 1 aromatic carbocycles. The maximum Gasteiger partial charge on any atom is 0.128 e. The summed E-state index contributed by atoms with van der Waals surface area (Å²) in [4.78, 5) is 2.13. The fourth-order valence-electron chi connectivity index (χ4n) is 2.42. The molecule has 0 spiro atoms. The fourth-order valence-corrected chi connectivity index (χ4v) is 2.79. The lowest BCUT2D eigenvalue weighted by Gasteiger charge is -2.43. The summed E-state index contributed by atoms with van der Waals surface area (Å²) in [7, 11) is 0. The molecule has 2 N–H and O–H groups in total. The number of benzene rings is 1. The minimum Gasteiger partial charge on any atom is -0.394 e. The molecule has 1 saturated heterocycles. The number of rotatable bonds is 3. The lowest BCUT2D eigenvalue weighted by atomic mass is 9.89. The van der Waals surface area contributed by atoms with E-state index in [0.29, 0.717) is 5.56 Å². The molecular formula is C13H18BrFN2O. The van der Waals surface area contributed by atoms with Gasteiger partial charge in [-0.1, -0.05) is 15.9 Å². The number of aliphatic hydroxyl groups is 1. The summed E-state index contributed by atoms with van der Waals surface area (Å²) in [6, 6.07) is 4.87. The molecule has 0 saturated carbocycles. The molecule has 1 aliphatic rings. The third-order valence-electron chi connectivity index (χ3n) is 3.63. The van der Waals surface area contributed by atoms with Crippen molar-refractivity contribution in [3.8, 4) is 0 Å². The molecule has 1 atom stereocenters. The summed E-state index contributed by atoms with van der Waals surface area (Å²) in [5.41, 5.74) is -0.128. The van der Waals surface area contributed by atoms with Crippen LogP contribution < -0.4 is 5.32 Å². The van der Waals surface area contributed by atoms with Crippen LogP contribution in [0.3, 0.4) is 0 Å². The second kappa shape index (κ2) is 5.65. The van der Waals surface area contributed by atoms with E-state index < -0.39 is 5.54 Å². The first-order valence-electron chi connectivity index (χ1n) is 6.10. The second-order valence-corrected chi connectivity index (χ2v) is 5.71. The first-order valence-corrected chi connectivity index (χ1v) is 6.89. The predicted octanol–water partition coefficient (Wildman–Crippen LogP) is 1.70. The van der Waals surface area contributed by atoms with E-state index >= 15 is 0 Å². The number of aliphatic hydroxyl groups excluding tert-OH is 1. The Morgan fingerprint density at radius 2 is 2.11 bits per heavy atom. The van der Waals surface area contributed by atoms with Gasteiger partial charge in [-0.05, 0) is 25.1 Å².